The third-order valence-electron chi connectivity index (χ3n) is 6.53. The summed E-state index contributed by atoms with van der Waals surface area (Å²) in [4.78, 5) is 2.71. The Bertz CT molecular complexity index is 494. The maximum atomic E-state index is 6.62. The Labute approximate surface area is 128 Å². The zero-order valence-electron chi connectivity index (χ0n) is 13.1. The van der Waals surface area contributed by atoms with Gasteiger partial charge in [0.1, 0.15) is 0 Å². The molecule has 1 aliphatic heterocycles. The van der Waals surface area contributed by atoms with Crippen molar-refractivity contribution in [3.8, 4) is 0 Å². The number of nitrogens with zero attached hydrogens (tertiary/aromatic N) is 1. The predicted molar refractivity (Wildman–Crippen MR) is 87.2 cm³/mol. The zero-order valence-corrected chi connectivity index (χ0v) is 13.1. The molecule has 2 N–H and O–H groups in total. The molecule has 3 aliphatic rings. The van der Waals surface area contributed by atoms with Crippen molar-refractivity contribution >= 4 is 0 Å². The summed E-state index contributed by atoms with van der Waals surface area (Å²) in [6, 6.07) is 9.58. The normalized spacial score (nSPS) is 32.2. The van der Waals surface area contributed by atoms with Crippen LogP contribution >= 0.6 is 0 Å². The second-order valence-electron chi connectivity index (χ2n) is 7.57. The standard InChI is InChI=1S/C19H28N2/c20-18-16-6-2-1-5-15(16)7-8-17(18)21-13-11-19(12-14-21)9-3-4-10-19/h1-2,5-6,17-18H,3-4,7-14,20H2. The van der Waals surface area contributed by atoms with Gasteiger partial charge in [-0.05, 0) is 68.2 Å². The number of benzene rings is 1. The van der Waals surface area contributed by atoms with E-state index in [1.807, 2.05) is 0 Å². The van der Waals surface area contributed by atoms with Crippen LogP contribution in [0.5, 0.6) is 0 Å². The highest BCUT2D eigenvalue weighted by Crippen LogP contribution is 2.47. The van der Waals surface area contributed by atoms with Gasteiger partial charge in [-0.25, -0.2) is 0 Å². The summed E-state index contributed by atoms with van der Waals surface area (Å²) in [5, 5.41) is 0. The Morgan fingerprint density at radius 2 is 1.71 bits per heavy atom. The summed E-state index contributed by atoms with van der Waals surface area (Å²) in [7, 11) is 0. The fourth-order valence-corrected chi connectivity index (χ4v) is 5.14. The average Bonchev–Trinajstić information content (AvgIpc) is 2.98. The highest BCUT2D eigenvalue weighted by molar-refractivity contribution is 5.33. The molecule has 21 heavy (non-hydrogen) atoms. The van der Waals surface area contributed by atoms with Gasteiger partial charge < -0.3 is 5.73 Å². The van der Waals surface area contributed by atoms with Crippen LogP contribution in [0.25, 0.3) is 0 Å². The van der Waals surface area contributed by atoms with Crippen LogP contribution in [0.2, 0.25) is 0 Å². The molecule has 0 radical (unpaired) electrons. The molecule has 0 amide bonds. The minimum atomic E-state index is 0.215. The van der Waals surface area contributed by atoms with Crippen LogP contribution in [0.3, 0.4) is 0 Å². The first-order chi connectivity index (χ1) is 10.3. The highest BCUT2D eigenvalue weighted by Gasteiger charge is 2.40. The summed E-state index contributed by atoms with van der Waals surface area (Å²) in [5.41, 5.74) is 10.2. The lowest BCUT2D eigenvalue weighted by atomic mass is 9.75. The Kier molecular flexibility index (Phi) is 3.55. The van der Waals surface area contributed by atoms with Crippen molar-refractivity contribution in [1.29, 1.82) is 0 Å². The van der Waals surface area contributed by atoms with Gasteiger partial charge in [0.05, 0.1) is 0 Å². The SMILES string of the molecule is NC1c2ccccc2CCC1N1CCC2(CCCC2)CC1. The predicted octanol–water partition coefficient (Wildman–Crippen LogP) is 3.66. The fraction of sp³-hybridized carbons (Fsp3) is 0.684. The van der Waals surface area contributed by atoms with Crippen LogP contribution in [0.15, 0.2) is 24.3 Å². The fourth-order valence-electron chi connectivity index (χ4n) is 5.14. The van der Waals surface area contributed by atoms with Gasteiger partial charge in [0.15, 0.2) is 0 Å². The summed E-state index contributed by atoms with van der Waals surface area (Å²) in [5.74, 6) is 0. The number of hydrogen-bond acceptors (Lipinski definition) is 2. The summed E-state index contributed by atoms with van der Waals surface area (Å²) in [6.45, 7) is 2.56. The highest BCUT2D eigenvalue weighted by atomic mass is 15.2. The molecule has 1 saturated carbocycles. The molecule has 114 valence electrons. The molecule has 2 unspecified atom stereocenters. The maximum absolute atomic E-state index is 6.62. The molecular formula is C19H28N2. The minimum Gasteiger partial charge on any atom is -0.323 e. The van der Waals surface area contributed by atoms with Crippen LogP contribution in [-0.4, -0.2) is 24.0 Å². The summed E-state index contributed by atoms with van der Waals surface area (Å²) >= 11 is 0. The monoisotopic (exact) mass is 284 g/mol. The van der Waals surface area contributed by atoms with Gasteiger partial charge in [0, 0.05) is 12.1 Å². The van der Waals surface area contributed by atoms with Crippen LogP contribution < -0.4 is 5.73 Å². The molecule has 1 heterocycles. The zero-order chi connectivity index (χ0) is 14.3. The first-order valence-electron chi connectivity index (χ1n) is 8.85. The van der Waals surface area contributed by atoms with E-state index < -0.39 is 0 Å². The number of fused-ring (bicyclic) bond motifs is 1. The van der Waals surface area contributed by atoms with Crippen molar-refractivity contribution in [2.24, 2.45) is 11.1 Å². The van der Waals surface area contributed by atoms with Crippen molar-refractivity contribution in [3.63, 3.8) is 0 Å². The molecule has 1 spiro atoms. The number of piperidine rings is 1. The second-order valence-corrected chi connectivity index (χ2v) is 7.57. The molecule has 2 heteroatoms. The molecule has 2 aliphatic carbocycles. The second kappa shape index (κ2) is 5.40. The first kappa shape index (κ1) is 13.8. The smallest absolute Gasteiger partial charge is 0.0455 e. The van der Waals surface area contributed by atoms with E-state index in [1.54, 1.807) is 0 Å². The molecule has 0 aromatic heterocycles. The number of aryl methyl sites for hydroxylation is 1. The van der Waals surface area contributed by atoms with Gasteiger partial charge in [-0.1, -0.05) is 37.1 Å². The van der Waals surface area contributed by atoms with E-state index in [9.17, 15) is 0 Å². The quantitative estimate of drug-likeness (QED) is 0.853. The van der Waals surface area contributed by atoms with Gasteiger partial charge in [0.25, 0.3) is 0 Å². The number of nitrogens with two attached hydrogens (primary N) is 1. The molecule has 1 aromatic rings. The molecule has 2 nitrogen and oxygen atoms in total. The van der Waals surface area contributed by atoms with Crippen molar-refractivity contribution in [3.05, 3.63) is 35.4 Å². The molecule has 1 saturated heterocycles. The van der Waals surface area contributed by atoms with Crippen LogP contribution in [-0.2, 0) is 6.42 Å². The Hall–Kier alpha value is -0.860. The van der Waals surface area contributed by atoms with E-state index in [1.165, 1.54) is 75.6 Å². The third-order valence-corrected chi connectivity index (χ3v) is 6.53. The minimum absolute atomic E-state index is 0.215. The largest absolute Gasteiger partial charge is 0.323 e. The maximum Gasteiger partial charge on any atom is 0.0455 e. The van der Waals surface area contributed by atoms with E-state index >= 15 is 0 Å². The van der Waals surface area contributed by atoms with E-state index in [0.29, 0.717) is 11.5 Å². The van der Waals surface area contributed by atoms with Gasteiger partial charge >= 0.3 is 0 Å². The van der Waals surface area contributed by atoms with E-state index in [2.05, 4.69) is 29.2 Å². The van der Waals surface area contributed by atoms with Crippen molar-refractivity contribution in [2.45, 2.75) is 63.5 Å². The van der Waals surface area contributed by atoms with Crippen LogP contribution in [0, 0.1) is 5.41 Å². The van der Waals surface area contributed by atoms with Gasteiger partial charge in [0.2, 0.25) is 0 Å². The van der Waals surface area contributed by atoms with Crippen molar-refractivity contribution in [2.75, 3.05) is 13.1 Å². The van der Waals surface area contributed by atoms with Gasteiger partial charge in [-0.15, -0.1) is 0 Å². The van der Waals surface area contributed by atoms with Crippen molar-refractivity contribution < 1.29 is 0 Å². The van der Waals surface area contributed by atoms with E-state index in [4.69, 9.17) is 5.73 Å². The Morgan fingerprint density at radius 3 is 2.48 bits per heavy atom. The van der Waals surface area contributed by atoms with Crippen LogP contribution in [0.4, 0.5) is 0 Å². The number of hydrogen-bond donors (Lipinski definition) is 1. The van der Waals surface area contributed by atoms with Gasteiger partial charge in [-0.3, -0.25) is 4.90 Å². The van der Waals surface area contributed by atoms with E-state index in [0.717, 1.165) is 0 Å². The summed E-state index contributed by atoms with van der Waals surface area (Å²) in [6.07, 6.45) is 11.2. The van der Waals surface area contributed by atoms with Crippen molar-refractivity contribution in [1.82, 2.24) is 4.90 Å². The van der Waals surface area contributed by atoms with Crippen LogP contribution in [0.1, 0.15) is 62.1 Å². The Balaban J connectivity index is 1.46. The summed E-state index contributed by atoms with van der Waals surface area (Å²) < 4.78 is 0. The van der Waals surface area contributed by atoms with Gasteiger partial charge in [-0.2, -0.15) is 0 Å². The topological polar surface area (TPSA) is 29.3 Å². The molecule has 1 aromatic carbocycles. The molecular weight excluding hydrogens is 256 g/mol. The first-order valence-corrected chi connectivity index (χ1v) is 8.85. The molecule has 4 rings (SSSR count). The number of likely N-dealkylation sites (tertiary alicyclic amines) is 1. The molecule has 0 bridgehead atoms. The Morgan fingerprint density at radius 1 is 1.00 bits per heavy atom. The lowest BCUT2D eigenvalue weighted by Crippen LogP contribution is -2.50. The molecule has 2 atom stereocenters. The third kappa shape index (κ3) is 2.43. The average molecular weight is 284 g/mol. The van der Waals surface area contributed by atoms with E-state index in [-0.39, 0.29) is 6.04 Å². The lowest BCUT2D eigenvalue weighted by molar-refractivity contribution is 0.0599. The number of rotatable bonds is 1. The molecule has 2 fully saturated rings. The lowest BCUT2D eigenvalue weighted by Gasteiger charge is -2.46.